The lowest BCUT2D eigenvalue weighted by Gasteiger charge is -2.58. The Balaban J connectivity index is 0.000000191. The quantitative estimate of drug-likeness (QED) is 0.419. The van der Waals surface area contributed by atoms with Crippen LogP contribution in [0, 0.1) is 40.9 Å². The van der Waals surface area contributed by atoms with Crippen molar-refractivity contribution < 1.29 is 9.63 Å². The molecule has 0 spiro atoms. The van der Waals surface area contributed by atoms with Crippen LogP contribution in [-0.2, 0) is 6.42 Å². The highest BCUT2D eigenvalue weighted by Gasteiger charge is 2.63. The minimum absolute atomic E-state index is 0.114. The van der Waals surface area contributed by atoms with E-state index >= 15 is 0 Å². The number of hydrogen-bond donors (Lipinski definition) is 3. The Morgan fingerprint density at radius 1 is 1.17 bits per heavy atom. The fourth-order valence-corrected chi connectivity index (χ4v) is 7.92. The van der Waals surface area contributed by atoms with E-state index in [1.165, 1.54) is 24.6 Å². The Hall–Kier alpha value is -3.18. The number of rotatable bonds is 0. The summed E-state index contributed by atoms with van der Waals surface area (Å²) in [4.78, 5) is 14.4. The molecule has 4 N–H and O–H groups in total. The first-order valence-electron chi connectivity index (χ1n) is 12.5. The summed E-state index contributed by atoms with van der Waals surface area (Å²) in [5.41, 5.74) is 8.77. The highest BCUT2D eigenvalue weighted by Crippen LogP contribution is 2.67. The summed E-state index contributed by atoms with van der Waals surface area (Å²) < 4.78 is 5.43. The van der Waals surface area contributed by atoms with E-state index in [0.29, 0.717) is 34.7 Å². The molecular formula is C27H32N6O2. The molecule has 0 aliphatic heterocycles. The second-order valence-corrected chi connectivity index (χ2v) is 11.3. The topological polar surface area (TPSA) is 127 Å². The van der Waals surface area contributed by atoms with Gasteiger partial charge in [-0.15, -0.1) is 6.42 Å². The maximum atomic E-state index is 11.1. The van der Waals surface area contributed by atoms with Gasteiger partial charge in [0, 0.05) is 11.0 Å². The number of allylic oxidation sites excluding steroid dienone is 1. The van der Waals surface area contributed by atoms with Gasteiger partial charge in [0.25, 0.3) is 0 Å². The van der Waals surface area contributed by atoms with Crippen molar-refractivity contribution in [3.8, 4) is 12.3 Å². The van der Waals surface area contributed by atoms with Gasteiger partial charge in [0.05, 0.1) is 12.5 Å². The molecule has 0 bridgehead atoms. The van der Waals surface area contributed by atoms with Gasteiger partial charge < -0.3 is 20.3 Å². The van der Waals surface area contributed by atoms with Gasteiger partial charge in [-0.1, -0.05) is 30.5 Å². The predicted molar refractivity (Wildman–Crippen MR) is 132 cm³/mol. The number of aliphatic hydroxyl groups is 1. The van der Waals surface area contributed by atoms with Gasteiger partial charge >= 0.3 is 0 Å². The van der Waals surface area contributed by atoms with Crippen molar-refractivity contribution in [1.29, 1.82) is 0 Å². The summed E-state index contributed by atoms with van der Waals surface area (Å²) in [6.45, 7) is 4.71. The van der Waals surface area contributed by atoms with Crippen molar-refractivity contribution >= 4 is 23.1 Å². The zero-order chi connectivity index (χ0) is 24.4. The zero-order valence-electron chi connectivity index (χ0n) is 20.3. The molecule has 8 heteroatoms. The molecular weight excluding hydrogens is 440 g/mol. The van der Waals surface area contributed by atoms with Crippen molar-refractivity contribution in [1.82, 2.24) is 25.1 Å². The monoisotopic (exact) mass is 472 g/mol. The number of aromatic nitrogens is 5. The molecule has 0 radical (unpaired) electrons. The lowest BCUT2D eigenvalue weighted by Crippen LogP contribution is -2.54. The third-order valence-corrected chi connectivity index (χ3v) is 9.92. The summed E-state index contributed by atoms with van der Waals surface area (Å²) in [5, 5.41) is 15.1. The number of nitrogens with zero attached hydrogens (tertiary/aromatic N) is 4. The number of hydrogen-bond acceptors (Lipinski definition) is 7. The Morgan fingerprint density at radius 2 is 2.00 bits per heavy atom. The molecule has 6 atom stereocenters. The van der Waals surface area contributed by atoms with Crippen LogP contribution in [0.5, 0.6) is 0 Å². The van der Waals surface area contributed by atoms with Gasteiger partial charge in [0.1, 0.15) is 17.4 Å². The summed E-state index contributed by atoms with van der Waals surface area (Å²) in [6, 6.07) is 0. The first kappa shape index (κ1) is 22.3. The van der Waals surface area contributed by atoms with Crippen molar-refractivity contribution in [2.75, 3.05) is 5.73 Å². The van der Waals surface area contributed by atoms with Gasteiger partial charge in [0.15, 0.2) is 17.2 Å². The molecule has 35 heavy (non-hydrogen) atoms. The molecule has 3 fully saturated rings. The number of nitrogens with two attached hydrogens (primary N) is 1. The summed E-state index contributed by atoms with van der Waals surface area (Å²) in [6.07, 6.45) is 20.3. The molecule has 0 aromatic carbocycles. The molecule has 7 rings (SSSR count). The fraction of sp³-hybridized carbons (Fsp3) is 0.556. The smallest absolute Gasteiger partial charge is 0.182 e. The van der Waals surface area contributed by atoms with E-state index in [4.69, 9.17) is 16.7 Å². The Morgan fingerprint density at radius 3 is 2.80 bits per heavy atom. The highest BCUT2D eigenvalue weighted by molar-refractivity contribution is 5.80. The zero-order valence-corrected chi connectivity index (χ0v) is 20.3. The van der Waals surface area contributed by atoms with E-state index in [1.807, 2.05) is 6.20 Å². The molecule has 3 aromatic heterocycles. The Kier molecular flexibility index (Phi) is 4.88. The van der Waals surface area contributed by atoms with Crippen LogP contribution < -0.4 is 5.73 Å². The van der Waals surface area contributed by atoms with E-state index in [9.17, 15) is 5.11 Å². The van der Waals surface area contributed by atoms with E-state index in [2.05, 4.69) is 50.9 Å². The van der Waals surface area contributed by atoms with E-state index in [-0.39, 0.29) is 10.8 Å². The highest BCUT2D eigenvalue weighted by atomic mass is 16.5. The Bertz CT molecular complexity index is 1350. The molecule has 3 heterocycles. The van der Waals surface area contributed by atoms with Crippen LogP contribution in [0.4, 0.5) is 5.82 Å². The molecule has 0 amide bonds. The van der Waals surface area contributed by atoms with Crippen LogP contribution in [0.25, 0.3) is 17.2 Å². The minimum atomic E-state index is -0.909. The standard InChI is InChI=1S/C22H27NO2.C5H5N5/c1-4-22(24)10-8-18-16-6-5-15-11-19-14(13-23-25-19)12-20(15,2)17(16)7-9-21(18,22)3;6-4-3-5(9-1-7-3)10-2-8-4/h1,11,13,16-18,24H,5-10,12H2,2-3H3;1-2H,(H3,6,7,8,9,10). The largest absolute Gasteiger partial charge is 0.382 e. The van der Waals surface area contributed by atoms with Crippen molar-refractivity contribution in [2.24, 2.45) is 28.6 Å². The molecule has 3 saturated carbocycles. The molecule has 6 unspecified atom stereocenters. The van der Waals surface area contributed by atoms with Crippen LogP contribution in [-0.4, -0.2) is 35.8 Å². The summed E-state index contributed by atoms with van der Waals surface area (Å²) >= 11 is 0. The number of nitrogens with one attached hydrogen (secondary N) is 1. The molecule has 3 aromatic rings. The van der Waals surface area contributed by atoms with Crippen LogP contribution in [0.1, 0.15) is 63.7 Å². The van der Waals surface area contributed by atoms with Gasteiger partial charge in [-0.3, -0.25) is 0 Å². The average Bonchev–Trinajstić information content (AvgIpc) is 3.56. The third-order valence-electron chi connectivity index (χ3n) is 9.92. The van der Waals surface area contributed by atoms with Crippen molar-refractivity contribution in [3.63, 3.8) is 0 Å². The number of terminal acetylenes is 1. The number of H-pyrrole nitrogens is 1. The number of anilines is 1. The second-order valence-electron chi connectivity index (χ2n) is 11.3. The van der Waals surface area contributed by atoms with Gasteiger partial charge in [-0.05, 0) is 74.2 Å². The third kappa shape index (κ3) is 3.10. The van der Waals surface area contributed by atoms with Crippen molar-refractivity contribution in [3.05, 3.63) is 35.7 Å². The molecule has 4 aliphatic rings. The first-order chi connectivity index (χ1) is 16.8. The normalized spacial score (nSPS) is 37.1. The number of imidazole rings is 1. The molecule has 8 nitrogen and oxygen atoms in total. The molecule has 4 aliphatic carbocycles. The van der Waals surface area contributed by atoms with Gasteiger partial charge in [0.2, 0.25) is 0 Å². The maximum Gasteiger partial charge on any atom is 0.182 e. The van der Waals surface area contributed by atoms with Crippen molar-refractivity contribution in [2.45, 2.75) is 64.4 Å². The maximum absolute atomic E-state index is 11.1. The van der Waals surface area contributed by atoms with Crippen LogP contribution in [0.15, 0.2) is 28.9 Å². The minimum Gasteiger partial charge on any atom is -0.382 e. The summed E-state index contributed by atoms with van der Waals surface area (Å²) in [5.74, 6) is 6.07. The molecule has 0 saturated heterocycles. The van der Waals surface area contributed by atoms with Crippen LogP contribution in [0.3, 0.4) is 0 Å². The number of nitrogen functional groups attached to an aromatic ring is 1. The second kappa shape index (κ2) is 7.66. The lowest BCUT2D eigenvalue weighted by atomic mass is 9.46. The van der Waals surface area contributed by atoms with Gasteiger partial charge in [-0.25, -0.2) is 15.0 Å². The lowest BCUT2D eigenvalue weighted by molar-refractivity contribution is -0.0975. The average molecular weight is 473 g/mol. The number of fused-ring (bicyclic) bond motifs is 7. The van der Waals surface area contributed by atoms with Gasteiger partial charge in [-0.2, -0.15) is 0 Å². The summed E-state index contributed by atoms with van der Waals surface area (Å²) in [7, 11) is 0. The number of aromatic amines is 1. The SMILES string of the molecule is C#CC1(O)CCC2C3CCC4=Cc5oncc5CC4(C)C3CCC21C.Nc1ncnc2nc[nH]c12. The molecule has 182 valence electrons. The van der Waals surface area contributed by atoms with Crippen LogP contribution >= 0.6 is 0 Å². The fourth-order valence-electron chi connectivity index (χ4n) is 7.92. The first-order valence-corrected chi connectivity index (χ1v) is 12.5. The predicted octanol–water partition coefficient (Wildman–Crippen LogP) is 4.16. The van der Waals surface area contributed by atoms with E-state index in [1.54, 1.807) is 5.57 Å². The van der Waals surface area contributed by atoms with E-state index in [0.717, 1.165) is 44.3 Å². The van der Waals surface area contributed by atoms with Crippen LogP contribution in [0.2, 0.25) is 0 Å². The van der Waals surface area contributed by atoms with E-state index < -0.39 is 5.60 Å². The Labute approximate surface area is 204 Å².